The molecule has 3 heteroatoms. The second kappa shape index (κ2) is 4.61. The fraction of sp³-hybridized carbons (Fsp3) is 0.900. The fourth-order valence-corrected chi connectivity index (χ4v) is 1.85. The number of carbonyl (C=O) groups excluding carboxylic acids is 1. The molecule has 13 heavy (non-hydrogen) atoms. The summed E-state index contributed by atoms with van der Waals surface area (Å²) in [5, 5.41) is 0. The maximum absolute atomic E-state index is 11.3. The Morgan fingerprint density at radius 2 is 1.85 bits per heavy atom. The van der Waals surface area contributed by atoms with Crippen molar-refractivity contribution >= 4 is 5.97 Å². The lowest BCUT2D eigenvalue weighted by atomic mass is 10.0. The minimum Gasteiger partial charge on any atom is -0.469 e. The van der Waals surface area contributed by atoms with Crippen LogP contribution in [0.15, 0.2) is 0 Å². The molecule has 0 bridgehead atoms. The number of methoxy groups -OCH3 is 1. The van der Waals surface area contributed by atoms with E-state index < -0.39 is 0 Å². The standard InChI is InChI=1S/C10H19NO2/c1-8(10(12)13-3)9(2)11-6-4-5-7-11/h8-9H,4-7H2,1-3H3. The highest BCUT2D eigenvalue weighted by molar-refractivity contribution is 5.72. The molecule has 0 saturated carbocycles. The molecule has 1 fully saturated rings. The highest BCUT2D eigenvalue weighted by Crippen LogP contribution is 2.18. The molecular weight excluding hydrogens is 166 g/mol. The summed E-state index contributed by atoms with van der Waals surface area (Å²) in [6.07, 6.45) is 2.52. The highest BCUT2D eigenvalue weighted by Gasteiger charge is 2.27. The lowest BCUT2D eigenvalue weighted by Crippen LogP contribution is -2.39. The molecule has 0 radical (unpaired) electrons. The van der Waals surface area contributed by atoms with Crippen LogP contribution in [0.2, 0.25) is 0 Å². The average molecular weight is 185 g/mol. The number of nitrogens with zero attached hydrogens (tertiary/aromatic N) is 1. The summed E-state index contributed by atoms with van der Waals surface area (Å²) >= 11 is 0. The van der Waals surface area contributed by atoms with Gasteiger partial charge in [0.1, 0.15) is 0 Å². The van der Waals surface area contributed by atoms with Gasteiger partial charge in [0, 0.05) is 6.04 Å². The Kier molecular flexibility index (Phi) is 3.72. The first-order valence-corrected chi connectivity index (χ1v) is 4.98. The minimum absolute atomic E-state index is 0.0110. The van der Waals surface area contributed by atoms with Gasteiger partial charge < -0.3 is 4.74 Å². The van der Waals surface area contributed by atoms with Crippen LogP contribution in [0.4, 0.5) is 0 Å². The summed E-state index contributed by atoms with van der Waals surface area (Å²) in [5.74, 6) is -0.109. The molecule has 3 nitrogen and oxygen atoms in total. The smallest absolute Gasteiger partial charge is 0.309 e. The third-order valence-corrected chi connectivity index (χ3v) is 3.01. The van der Waals surface area contributed by atoms with Crippen molar-refractivity contribution in [3.8, 4) is 0 Å². The van der Waals surface area contributed by atoms with E-state index in [1.54, 1.807) is 0 Å². The summed E-state index contributed by atoms with van der Waals surface area (Å²) in [7, 11) is 1.45. The van der Waals surface area contributed by atoms with E-state index in [0.29, 0.717) is 6.04 Å². The van der Waals surface area contributed by atoms with Crippen molar-refractivity contribution in [1.29, 1.82) is 0 Å². The van der Waals surface area contributed by atoms with Gasteiger partial charge in [0.25, 0.3) is 0 Å². The van der Waals surface area contributed by atoms with Gasteiger partial charge >= 0.3 is 5.97 Å². The predicted octanol–water partition coefficient (Wildman–Crippen LogP) is 1.28. The molecule has 0 aromatic heterocycles. The van der Waals surface area contributed by atoms with Crippen molar-refractivity contribution < 1.29 is 9.53 Å². The van der Waals surface area contributed by atoms with E-state index in [0.717, 1.165) is 13.1 Å². The molecule has 0 amide bonds. The predicted molar refractivity (Wildman–Crippen MR) is 51.4 cm³/mol. The normalized spacial score (nSPS) is 22.7. The molecule has 1 aliphatic heterocycles. The van der Waals surface area contributed by atoms with E-state index in [1.165, 1.54) is 20.0 Å². The van der Waals surface area contributed by atoms with Crippen LogP contribution >= 0.6 is 0 Å². The summed E-state index contributed by atoms with van der Waals surface area (Å²) in [6.45, 7) is 6.30. The first-order valence-electron chi connectivity index (χ1n) is 4.98. The van der Waals surface area contributed by atoms with Crippen molar-refractivity contribution in [3.05, 3.63) is 0 Å². The molecule has 1 heterocycles. The molecule has 1 saturated heterocycles. The van der Waals surface area contributed by atoms with Gasteiger partial charge in [-0.05, 0) is 32.9 Å². The molecule has 1 aliphatic rings. The quantitative estimate of drug-likeness (QED) is 0.620. The molecule has 76 valence electrons. The number of ether oxygens (including phenoxy) is 1. The third-order valence-electron chi connectivity index (χ3n) is 3.01. The Morgan fingerprint density at radius 1 is 1.31 bits per heavy atom. The van der Waals surface area contributed by atoms with Crippen molar-refractivity contribution in [2.45, 2.75) is 32.7 Å². The highest BCUT2D eigenvalue weighted by atomic mass is 16.5. The van der Waals surface area contributed by atoms with Crippen molar-refractivity contribution in [3.63, 3.8) is 0 Å². The molecule has 0 aliphatic carbocycles. The maximum Gasteiger partial charge on any atom is 0.309 e. The van der Waals surface area contributed by atoms with Crippen LogP contribution in [0.5, 0.6) is 0 Å². The van der Waals surface area contributed by atoms with Gasteiger partial charge in [-0.3, -0.25) is 9.69 Å². The zero-order valence-electron chi connectivity index (χ0n) is 8.75. The van der Waals surface area contributed by atoms with Gasteiger partial charge in [0.15, 0.2) is 0 Å². The van der Waals surface area contributed by atoms with Gasteiger partial charge in [0.05, 0.1) is 13.0 Å². The van der Waals surface area contributed by atoms with Gasteiger partial charge in [-0.1, -0.05) is 6.92 Å². The Bertz CT molecular complexity index is 176. The lowest BCUT2D eigenvalue weighted by Gasteiger charge is -2.27. The molecule has 2 atom stereocenters. The largest absolute Gasteiger partial charge is 0.469 e. The van der Waals surface area contributed by atoms with Crippen LogP contribution in [0.3, 0.4) is 0 Å². The number of carbonyl (C=O) groups is 1. The number of hydrogen-bond donors (Lipinski definition) is 0. The monoisotopic (exact) mass is 185 g/mol. The van der Waals surface area contributed by atoms with Crippen LogP contribution in [0.1, 0.15) is 26.7 Å². The van der Waals surface area contributed by atoms with E-state index in [9.17, 15) is 4.79 Å². The Hall–Kier alpha value is -0.570. The van der Waals surface area contributed by atoms with Gasteiger partial charge in [0.2, 0.25) is 0 Å². The first kappa shape index (κ1) is 10.5. The molecule has 0 aromatic rings. The van der Waals surface area contributed by atoms with Crippen LogP contribution < -0.4 is 0 Å². The molecule has 0 spiro atoms. The van der Waals surface area contributed by atoms with Gasteiger partial charge in [-0.25, -0.2) is 0 Å². The van der Waals surface area contributed by atoms with Crippen molar-refractivity contribution in [2.75, 3.05) is 20.2 Å². The SMILES string of the molecule is COC(=O)C(C)C(C)N1CCCC1. The summed E-state index contributed by atoms with van der Waals surface area (Å²) in [5.41, 5.74) is 0. The molecular formula is C10H19NO2. The zero-order valence-corrected chi connectivity index (χ0v) is 8.75. The second-order valence-corrected chi connectivity index (χ2v) is 3.80. The Balaban J connectivity index is 2.45. The van der Waals surface area contributed by atoms with Gasteiger partial charge in [-0.15, -0.1) is 0 Å². The molecule has 2 unspecified atom stereocenters. The van der Waals surface area contributed by atoms with Crippen molar-refractivity contribution in [2.24, 2.45) is 5.92 Å². The van der Waals surface area contributed by atoms with E-state index in [4.69, 9.17) is 4.74 Å². The van der Waals surface area contributed by atoms with Crippen LogP contribution in [0.25, 0.3) is 0 Å². The van der Waals surface area contributed by atoms with Crippen LogP contribution in [0, 0.1) is 5.92 Å². The van der Waals surface area contributed by atoms with Crippen molar-refractivity contribution in [1.82, 2.24) is 4.90 Å². The number of likely N-dealkylation sites (tertiary alicyclic amines) is 1. The van der Waals surface area contributed by atoms with E-state index >= 15 is 0 Å². The number of rotatable bonds is 3. The summed E-state index contributed by atoms with van der Waals surface area (Å²) < 4.78 is 4.73. The topological polar surface area (TPSA) is 29.5 Å². The van der Waals surface area contributed by atoms with Crippen LogP contribution in [-0.4, -0.2) is 37.1 Å². The lowest BCUT2D eigenvalue weighted by molar-refractivity contribution is -0.146. The van der Waals surface area contributed by atoms with E-state index in [1.807, 2.05) is 6.92 Å². The molecule has 0 aromatic carbocycles. The van der Waals surface area contributed by atoms with E-state index in [-0.39, 0.29) is 11.9 Å². The van der Waals surface area contributed by atoms with Crippen LogP contribution in [-0.2, 0) is 9.53 Å². The number of hydrogen-bond acceptors (Lipinski definition) is 3. The summed E-state index contributed by atoms with van der Waals surface area (Å²) in [4.78, 5) is 13.6. The van der Waals surface area contributed by atoms with E-state index in [2.05, 4.69) is 11.8 Å². The summed E-state index contributed by atoms with van der Waals surface area (Å²) in [6, 6.07) is 0.315. The van der Waals surface area contributed by atoms with Gasteiger partial charge in [-0.2, -0.15) is 0 Å². The first-order chi connectivity index (χ1) is 6.16. The number of esters is 1. The second-order valence-electron chi connectivity index (χ2n) is 3.80. The molecule has 1 rings (SSSR count). The minimum atomic E-state index is -0.0978. The molecule has 0 N–H and O–H groups in total. The fourth-order valence-electron chi connectivity index (χ4n) is 1.85. The Morgan fingerprint density at radius 3 is 2.31 bits per heavy atom. The zero-order chi connectivity index (χ0) is 9.84. The average Bonchev–Trinajstić information content (AvgIpc) is 2.67. The third kappa shape index (κ3) is 2.44. The maximum atomic E-state index is 11.3. The Labute approximate surface area is 80.1 Å².